The molecule has 1 saturated heterocycles. The highest BCUT2D eigenvalue weighted by molar-refractivity contribution is 5.97. The summed E-state index contributed by atoms with van der Waals surface area (Å²) in [6.45, 7) is 1.77. The summed E-state index contributed by atoms with van der Waals surface area (Å²) < 4.78 is 0. The van der Waals surface area contributed by atoms with Crippen LogP contribution in [0.2, 0.25) is 0 Å². The van der Waals surface area contributed by atoms with E-state index in [0.717, 1.165) is 42.9 Å². The third kappa shape index (κ3) is 3.12. The quantitative estimate of drug-likeness (QED) is 0.845. The minimum absolute atomic E-state index is 0.0163. The van der Waals surface area contributed by atoms with Crippen LogP contribution in [0.25, 0.3) is 0 Å². The Morgan fingerprint density at radius 2 is 1.92 bits per heavy atom. The molecule has 2 aliphatic heterocycles. The number of nitrogens with zero attached hydrogens (tertiary/aromatic N) is 2. The first-order chi connectivity index (χ1) is 12.1. The Morgan fingerprint density at radius 3 is 2.72 bits per heavy atom. The predicted molar refractivity (Wildman–Crippen MR) is 98.9 cm³/mol. The molecular formula is C20H27N3O2. The average molecular weight is 341 g/mol. The molecule has 0 unspecified atom stereocenters. The zero-order chi connectivity index (χ0) is 17.4. The second kappa shape index (κ2) is 6.36. The smallest absolute Gasteiger partial charge is 0.321 e. The van der Waals surface area contributed by atoms with E-state index < -0.39 is 0 Å². The summed E-state index contributed by atoms with van der Waals surface area (Å²) in [5, 5.41) is 3.07. The van der Waals surface area contributed by atoms with Crippen molar-refractivity contribution in [3.05, 3.63) is 23.8 Å². The molecular weight excluding hydrogens is 314 g/mol. The highest BCUT2D eigenvalue weighted by atomic mass is 16.2. The van der Waals surface area contributed by atoms with E-state index in [9.17, 15) is 9.59 Å². The molecule has 3 amide bonds. The van der Waals surface area contributed by atoms with E-state index >= 15 is 0 Å². The van der Waals surface area contributed by atoms with Gasteiger partial charge in [-0.2, -0.15) is 0 Å². The van der Waals surface area contributed by atoms with E-state index in [4.69, 9.17) is 0 Å². The Balaban J connectivity index is 1.42. The van der Waals surface area contributed by atoms with Gasteiger partial charge in [0.05, 0.1) is 0 Å². The molecule has 0 radical (unpaired) electrons. The fraction of sp³-hybridized carbons (Fsp3) is 0.600. The van der Waals surface area contributed by atoms with Gasteiger partial charge in [-0.1, -0.05) is 19.3 Å². The highest BCUT2D eigenvalue weighted by Gasteiger charge is 2.40. The molecule has 1 saturated carbocycles. The normalized spacial score (nSPS) is 22.2. The van der Waals surface area contributed by atoms with Gasteiger partial charge in [-0.3, -0.25) is 4.79 Å². The Kier molecular flexibility index (Phi) is 4.18. The van der Waals surface area contributed by atoms with Crippen LogP contribution in [0.1, 0.15) is 50.5 Å². The van der Waals surface area contributed by atoms with E-state index in [-0.39, 0.29) is 11.9 Å². The molecule has 1 aromatic carbocycles. The third-order valence-electron chi connectivity index (χ3n) is 6.31. The summed E-state index contributed by atoms with van der Waals surface area (Å²) >= 11 is 0. The molecule has 4 rings (SSSR count). The number of urea groups is 1. The number of hydrogen-bond donors (Lipinski definition) is 1. The number of carbonyl (C=O) groups is 2. The predicted octanol–water partition coefficient (Wildman–Crippen LogP) is 3.78. The first-order valence-corrected chi connectivity index (χ1v) is 9.52. The lowest BCUT2D eigenvalue weighted by atomic mass is 9.73. The Morgan fingerprint density at radius 1 is 1.12 bits per heavy atom. The molecule has 0 atom stereocenters. The minimum Gasteiger partial charge on any atom is -0.324 e. The number of anilines is 2. The Hall–Kier alpha value is -2.04. The molecule has 2 heterocycles. The average Bonchev–Trinajstić information content (AvgIpc) is 3.02. The maximum atomic E-state index is 12.7. The number of nitrogens with one attached hydrogen (secondary N) is 1. The number of fused-ring (bicyclic) bond motifs is 1. The molecule has 2 fully saturated rings. The van der Waals surface area contributed by atoms with Crippen LogP contribution in [0.5, 0.6) is 0 Å². The Labute approximate surface area is 149 Å². The summed E-state index contributed by atoms with van der Waals surface area (Å²) in [6.07, 6.45) is 8.95. The summed E-state index contributed by atoms with van der Waals surface area (Å²) in [5.74, 6) is 0.152. The monoisotopic (exact) mass is 341 g/mol. The van der Waals surface area contributed by atoms with E-state index in [0.29, 0.717) is 11.8 Å². The van der Waals surface area contributed by atoms with Gasteiger partial charge in [-0.15, -0.1) is 0 Å². The molecule has 1 aliphatic carbocycles. The number of hydrogen-bond acceptors (Lipinski definition) is 2. The van der Waals surface area contributed by atoms with Crippen LogP contribution >= 0.6 is 0 Å². The van der Waals surface area contributed by atoms with Crippen LogP contribution in [-0.2, 0) is 11.2 Å². The summed E-state index contributed by atoms with van der Waals surface area (Å²) in [5.41, 5.74) is 3.30. The van der Waals surface area contributed by atoms with E-state index in [1.54, 1.807) is 4.90 Å². The van der Waals surface area contributed by atoms with Crippen LogP contribution in [0.3, 0.4) is 0 Å². The van der Waals surface area contributed by atoms with Crippen LogP contribution in [0.15, 0.2) is 18.2 Å². The second-order valence-corrected chi connectivity index (χ2v) is 7.96. The molecule has 1 aromatic rings. The fourth-order valence-electron chi connectivity index (χ4n) is 4.76. The first-order valence-electron chi connectivity index (χ1n) is 9.52. The van der Waals surface area contributed by atoms with Crippen LogP contribution in [-0.4, -0.2) is 37.0 Å². The second-order valence-electron chi connectivity index (χ2n) is 7.96. The molecule has 1 N–H and O–H groups in total. The van der Waals surface area contributed by atoms with Crippen molar-refractivity contribution in [3.8, 4) is 0 Å². The maximum Gasteiger partial charge on any atom is 0.321 e. The van der Waals surface area contributed by atoms with Gasteiger partial charge < -0.3 is 15.1 Å². The van der Waals surface area contributed by atoms with Gasteiger partial charge in [-0.05, 0) is 54.9 Å². The lowest BCUT2D eigenvalue weighted by Crippen LogP contribution is -2.36. The van der Waals surface area contributed by atoms with Crippen LogP contribution in [0.4, 0.5) is 16.2 Å². The molecule has 5 nitrogen and oxygen atoms in total. The van der Waals surface area contributed by atoms with Crippen molar-refractivity contribution >= 4 is 23.3 Å². The van der Waals surface area contributed by atoms with E-state index in [1.165, 1.54) is 32.1 Å². The van der Waals surface area contributed by atoms with E-state index in [1.807, 2.05) is 30.1 Å². The molecule has 3 aliphatic rings. The standard InChI is InChI=1S/C20H27N3O2/c1-22-17-7-6-16(13-15(17)5-8-18(22)24)21-19(25)23-12-11-20(14-23)9-3-2-4-10-20/h6-7,13H,2-5,8-12,14H2,1H3,(H,21,25). The number of carbonyl (C=O) groups excluding carboxylic acids is 2. The zero-order valence-electron chi connectivity index (χ0n) is 15.0. The maximum absolute atomic E-state index is 12.7. The van der Waals surface area contributed by atoms with Crippen LogP contribution in [0, 0.1) is 5.41 Å². The SMILES string of the molecule is CN1C(=O)CCc2cc(NC(=O)N3CCC4(CCCCC4)C3)ccc21. The minimum atomic E-state index is 0.0163. The largest absolute Gasteiger partial charge is 0.324 e. The van der Waals surface area contributed by atoms with Gasteiger partial charge in [0, 0.05) is 37.9 Å². The molecule has 1 spiro atoms. The third-order valence-corrected chi connectivity index (χ3v) is 6.31. The molecule has 0 aromatic heterocycles. The zero-order valence-corrected chi connectivity index (χ0v) is 15.0. The molecule has 5 heteroatoms. The highest BCUT2D eigenvalue weighted by Crippen LogP contribution is 2.43. The number of rotatable bonds is 1. The lowest BCUT2D eigenvalue weighted by molar-refractivity contribution is -0.118. The fourth-order valence-corrected chi connectivity index (χ4v) is 4.76. The first kappa shape index (κ1) is 16.4. The topological polar surface area (TPSA) is 52.7 Å². The van der Waals surface area contributed by atoms with Crippen molar-refractivity contribution in [1.82, 2.24) is 4.90 Å². The van der Waals surface area contributed by atoms with Gasteiger partial charge >= 0.3 is 6.03 Å². The van der Waals surface area contributed by atoms with Crippen LogP contribution < -0.4 is 10.2 Å². The molecule has 0 bridgehead atoms. The summed E-state index contributed by atoms with van der Waals surface area (Å²) in [4.78, 5) is 28.2. The number of aryl methyl sites for hydroxylation is 1. The number of amides is 3. The number of likely N-dealkylation sites (tertiary alicyclic amines) is 1. The van der Waals surface area contributed by atoms with Gasteiger partial charge in [0.1, 0.15) is 0 Å². The Bertz CT molecular complexity index is 694. The van der Waals surface area contributed by atoms with Gasteiger partial charge in [0.15, 0.2) is 0 Å². The van der Waals surface area contributed by atoms with Gasteiger partial charge in [0.25, 0.3) is 0 Å². The molecule has 25 heavy (non-hydrogen) atoms. The van der Waals surface area contributed by atoms with Crippen molar-refractivity contribution in [1.29, 1.82) is 0 Å². The summed E-state index contributed by atoms with van der Waals surface area (Å²) in [7, 11) is 1.81. The van der Waals surface area contributed by atoms with Crippen molar-refractivity contribution in [2.75, 3.05) is 30.4 Å². The summed E-state index contributed by atoms with van der Waals surface area (Å²) in [6, 6.07) is 5.87. The van der Waals surface area contributed by atoms with Crippen molar-refractivity contribution in [2.24, 2.45) is 5.41 Å². The molecule has 134 valence electrons. The lowest BCUT2D eigenvalue weighted by Gasteiger charge is -2.33. The van der Waals surface area contributed by atoms with Gasteiger partial charge in [-0.25, -0.2) is 4.79 Å². The number of benzene rings is 1. The van der Waals surface area contributed by atoms with Crippen molar-refractivity contribution in [3.63, 3.8) is 0 Å². The van der Waals surface area contributed by atoms with Crippen molar-refractivity contribution in [2.45, 2.75) is 51.4 Å². The van der Waals surface area contributed by atoms with Crippen molar-refractivity contribution < 1.29 is 9.59 Å². The van der Waals surface area contributed by atoms with Gasteiger partial charge in [0.2, 0.25) is 5.91 Å². The van der Waals surface area contributed by atoms with E-state index in [2.05, 4.69) is 5.32 Å².